The van der Waals surface area contributed by atoms with Gasteiger partial charge in [0.1, 0.15) is 5.69 Å². The molecule has 4 heterocycles. The van der Waals surface area contributed by atoms with Gasteiger partial charge in [0.2, 0.25) is 0 Å². The second kappa shape index (κ2) is 9.82. The van der Waals surface area contributed by atoms with Gasteiger partial charge in [0, 0.05) is 39.0 Å². The Morgan fingerprint density at radius 3 is 2.64 bits per heavy atom. The number of alkyl halides is 2. The average Bonchev–Trinajstić information content (AvgIpc) is 3.29. The lowest BCUT2D eigenvalue weighted by Crippen LogP contribution is -2.48. The quantitative estimate of drug-likeness (QED) is 0.503. The summed E-state index contributed by atoms with van der Waals surface area (Å²) in [6, 6.07) is 3.40. The van der Waals surface area contributed by atoms with Crippen molar-refractivity contribution in [1.82, 2.24) is 29.1 Å². The summed E-state index contributed by atoms with van der Waals surface area (Å²) in [4.78, 5) is 30.0. The number of halogens is 2. The maximum atomic E-state index is 14.4. The number of pyridine rings is 1. The molecule has 0 aliphatic carbocycles. The highest BCUT2D eigenvalue weighted by Gasteiger charge is 2.41. The minimum atomic E-state index is -2.99. The average molecular weight is 504 g/mol. The molecule has 0 radical (unpaired) electrons. The van der Waals surface area contributed by atoms with Crippen LogP contribution in [0.4, 0.5) is 14.5 Å². The van der Waals surface area contributed by atoms with Gasteiger partial charge in [-0.1, -0.05) is 19.1 Å². The van der Waals surface area contributed by atoms with Gasteiger partial charge < -0.3 is 10.0 Å². The molecule has 0 aromatic carbocycles. The van der Waals surface area contributed by atoms with Crippen LogP contribution in [-0.4, -0.2) is 59.2 Å². The number of piperidine rings is 1. The van der Waals surface area contributed by atoms with Crippen LogP contribution in [0.5, 0.6) is 0 Å². The second-order valence-electron chi connectivity index (χ2n) is 9.97. The molecule has 1 aliphatic heterocycles. The highest BCUT2D eigenvalue weighted by molar-refractivity contribution is 5.67. The lowest BCUT2D eigenvalue weighted by atomic mass is 9.92. The molecular formula is C24H31F2N7O3. The van der Waals surface area contributed by atoms with E-state index in [0.717, 1.165) is 0 Å². The molecule has 1 unspecified atom stereocenters. The van der Waals surface area contributed by atoms with E-state index in [4.69, 9.17) is 5.11 Å². The van der Waals surface area contributed by atoms with Crippen LogP contribution in [0.3, 0.4) is 0 Å². The van der Waals surface area contributed by atoms with Gasteiger partial charge in [-0.25, -0.2) is 23.2 Å². The normalized spacial score (nSPS) is 17.6. The highest BCUT2D eigenvalue weighted by Crippen LogP contribution is 2.36. The van der Waals surface area contributed by atoms with Crippen LogP contribution in [0.2, 0.25) is 0 Å². The van der Waals surface area contributed by atoms with Crippen molar-refractivity contribution in [2.75, 3.05) is 18.0 Å². The first kappa shape index (κ1) is 25.5. The number of anilines is 1. The molecule has 194 valence electrons. The van der Waals surface area contributed by atoms with E-state index in [9.17, 15) is 18.4 Å². The Morgan fingerprint density at radius 1 is 1.25 bits per heavy atom. The van der Waals surface area contributed by atoms with Crippen LogP contribution in [0.15, 0.2) is 29.3 Å². The van der Waals surface area contributed by atoms with Crippen molar-refractivity contribution in [3.63, 3.8) is 0 Å². The third-order valence-corrected chi connectivity index (χ3v) is 6.34. The van der Waals surface area contributed by atoms with Crippen molar-refractivity contribution in [1.29, 1.82) is 0 Å². The van der Waals surface area contributed by atoms with E-state index in [2.05, 4.69) is 15.3 Å². The maximum Gasteiger partial charge on any atom is 0.328 e. The van der Waals surface area contributed by atoms with Gasteiger partial charge in [0.15, 0.2) is 0 Å². The van der Waals surface area contributed by atoms with Crippen LogP contribution in [-0.2, 0) is 24.9 Å². The van der Waals surface area contributed by atoms with E-state index in [-0.39, 0.29) is 25.2 Å². The Kier molecular flexibility index (Phi) is 6.96. The van der Waals surface area contributed by atoms with Crippen molar-refractivity contribution in [3.05, 3.63) is 46.4 Å². The zero-order valence-corrected chi connectivity index (χ0v) is 20.9. The summed E-state index contributed by atoms with van der Waals surface area (Å²) < 4.78 is 33.6. The van der Waals surface area contributed by atoms with Gasteiger partial charge >= 0.3 is 11.7 Å². The van der Waals surface area contributed by atoms with E-state index in [1.54, 1.807) is 52.3 Å². The summed E-state index contributed by atoms with van der Waals surface area (Å²) in [7, 11) is 1.74. The minimum absolute atomic E-state index is 0.128. The first-order chi connectivity index (χ1) is 16.9. The van der Waals surface area contributed by atoms with Crippen LogP contribution in [0.1, 0.15) is 38.1 Å². The van der Waals surface area contributed by atoms with E-state index in [1.165, 1.54) is 4.90 Å². The number of aliphatic carboxylic acids is 1. The summed E-state index contributed by atoms with van der Waals surface area (Å²) in [5.41, 5.74) is 2.63. The molecule has 0 amide bonds. The van der Waals surface area contributed by atoms with Crippen LogP contribution >= 0.6 is 0 Å². The second-order valence-corrected chi connectivity index (χ2v) is 9.97. The van der Waals surface area contributed by atoms with Crippen molar-refractivity contribution < 1.29 is 18.7 Å². The van der Waals surface area contributed by atoms with Gasteiger partial charge in [-0.05, 0) is 30.9 Å². The summed E-state index contributed by atoms with van der Waals surface area (Å²) in [5, 5.41) is 17.4. The molecule has 3 aromatic rings. The standard InChI is InChI=1S/C24H31F2N7O3/c1-15(2)11-31-7-8-32(23(31)36)13-20-22(28-29-30(20)4)18-5-6-19(16(3)27-18)33-12-17(9-21(34)35)10-24(25,26)14-33/h5-8,15,17H,9-14H2,1-4H3,(H,34,35). The highest BCUT2D eigenvalue weighted by atomic mass is 19.3. The number of carboxylic acids is 1. The fraction of sp³-hybridized carbons (Fsp3) is 0.542. The molecule has 1 saturated heterocycles. The molecule has 0 saturated carbocycles. The van der Waals surface area contributed by atoms with Crippen molar-refractivity contribution >= 4 is 11.7 Å². The minimum Gasteiger partial charge on any atom is -0.481 e. The lowest BCUT2D eigenvalue weighted by molar-refractivity contribution is -0.139. The predicted molar refractivity (Wildman–Crippen MR) is 129 cm³/mol. The van der Waals surface area contributed by atoms with Crippen LogP contribution < -0.4 is 10.6 Å². The summed E-state index contributed by atoms with van der Waals surface area (Å²) in [5.74, 6) is -4.40. The Labute approximate surface area is 207 Å². The number of carbonyl (C=O) groups is 1. The zero-order chi connectivity index (χ0) is 26.2. The summed E-state index contributed by atoms with van der Waals surface area (Å²) in [6.45, 7) is 6.41. The van der Waals surface area contributed by atoms with Crippen molar-refractivity contribution in [2.24, 2.45) is 18.9 Å². The summed E-state index contributed by atoms with van der Waals surface area (Å²) in [6.07, 6.45) is 2.74. The van der Waals surface area contributed by atoms with E-state index in [1.807, 2.05) is 13.8 Å². The number of aromatic nitrogens is 6. The van der Waals surface area contributed by atoms with Gasteiger partial charge in [-0.3, -0.25) is 13.9 Å². The van der Waals surface area contributed by atoms with E-state index < -0.39 is 30.8 Å². The number of imidazole rings is 1. The smallest absolute Gasteiger partial charge is 0.328 e. The Morgan fingerprint density at radius 2 is 1.97 bits per heavy atom. The molecule has 1 fully saturated rings. The number of aryl methyl sites for hydroxylation is 2. The van der Waals surface area contributed by atoms with Gasteiger partial charge in [-0.15, -0.1) is 5.10 Å². The molecule has 1 N–H and O–H groups in total. The first-order valence-corrected chi connectivity index (χ1v) is 11.9. The number of rotatable bonds is 8. The SMILES string of the molecule is Cc1nc(-c2nnn(C)c2Cn2ccn(CC(C)C)c2=O)ccc1N1CC(CC(=O)O)CC(F)(F)C1. The van der Waals surface area contributed by atoms with Gasteiger partial charge in [0.25, 0.3) is 5.92 Å². The van der Waals surface area contributed by atoms with Gasteiger partial charge in [0.05, 0.1) is 42.3 Å². The molecule has 12 heteroatoms. The third kappa shape index (κ3) is 5.47. The number of hydrogen-bond donors (Lipinski definition) is 1. The Balaban J connectivity index is 1.60. The largest absolute Gasteiger partial charge is 0.481 e. The molecule has 3 aromatic heterocycles. The zero-order valence-electron chi connectivity index (χ0n) is 20.9. The Bertz CT molecular complexity index is 1310. The molecule has 0 bridgehead atoms. The molecular weight excluding hydrogens is 472 g/mol. The van der Waals surface area contributed by atoms with E-state index >= 15 is 0 Å². The Hall–Kier alpha value is -3.57. The number of carboxylic acid groups (broad SMARTS) is 1. The topological polar surface area (TPSA) is 111 Å². The predicted octanol–water partition coefficient (Wildman–Crippen LogP) is 2.79. The number of nitrogens with zero attached hydrogens (tertiary/aromatic N) is 7. The van der Waals surface area contributed by atoms with Crippen LogP contribution in [0, 0.1) is 18.8 Å². The monoisotopic (exact) mass is 503 g/mol. The maximum absolute atomic E-state index is 14.4. The molecule has 4 rings (SSSR count). The van der Waals surface area contributed by atoms with Crippen molar-refractivity contribution in [3.8, 4) is 11.4 Å². The third-order valence-electron chi connectivity index (χ3n) is 6.34. The molecule has 1 atom stereocenters. The molecule has 1 aliphatic rings. The molecule has 0 spiro atoms. The van der Waals surface area contributed by atoms with Crippen molar-refractivity contribution in [2.45, 2.75) is 52.6 Å². The lowest BCUT2D eigenvalue weighted by Gasteiger charge is -2.39. The van der Waals surface area contributed by atoms with Gasteiger partial charge in [-0.2, -0.15) is 0 Å². The van der Waals surface area contributed by atoms with Crippen LogP contribution in [0.25, 0.3) is 11.4 Å². The number of hydrogen-bond acceptors (Lipinski definition) is 6. The summed E-state index contributed by atoms with van der Waals surface area (Å²) >= 11 is 0. The fourth-order valence-corrected chi connectivity index (χ4v) is 4.81. The molecule has 10 nitrogen and oxygen atoms in total. The fourth-order valence-electron chi connectivity index (χ4n) is 4.81. The first-order valence-electron chi connectivity index (χ1n) is 11.9. The van der Waals surface area contributed by atoms with E-state index in [0.29, 0.717) is 40.9 Å². The molecule has 36 heavy (non-hydrogen) atoms.